The summed E-state index contributed by atoms with van der Waals surface area (Å²) in [6.45, 7) is 8.03. The van der Waals surface area contributed by atoms with Crippen molar-refractivity contribution in [3.8, 4) is 22.8 Å². The van der Waals surface area contributed by atoms with Gasteiger partial charge in [0.1, 0.15) is 36.8 Å². The van der Waals surface area contributed by atoms with Gasteiger partial charge in [-0.1, -0.05) is 17.7 Å². The van der Waals surface area contributed by atoms with Gasteiger partial charge in [0, 0.05) is 44.2 Å². The number of anilines is 2. The molecule has 0 unspecified atom stereocenters. The first-order chi connectivity index (χ1) is 23.6. The molecule has 15 heteroatoms. The number of nitrogens with one attached hydrogen (secondary N) is 1. The summed E-state index contributed by atoms with van der Waals surface area (Å²) in [5, 5.41) is 12.8. The van der Waals surface area contributed by atoms with Gasteiger partial charge in [0.05, 0.1) is 56.8 Å². The van der Waals surface area contributed by atoms with Crippen LogP contribution in [0.1, 0.15) is 38.6 Å². The molecular weight excluding hydrogens is 638 g/mol. The van der Waals surface area contributed by atoms with Gasteiger partial charge in [-0.05, 0) is 50.3 Å². The monoisotopic (exact) mass is 681 g/mol. The minimum absolute atomic E-state index is 0.170. The first-order valence-corrected chi connectivity index (χ1v) is 16.9. The molecule has 1 saturated heterocycles. The van der Waals surface area contributed by atoms with Crippen LogP contribution in [0.25, 0.3) is 11.1 Å². The van der Waals surface area contributed by atoms with E-state index in [0.29, 0.717) is 73.3 Å². The molecule has 6 rings (SSSR count). The Labute approximate surface area is 285 Å². The Morgan fingerprint density at radius 3 is 2.52 bits per heavy atom. The average Bonchev–Trinajstić information content (AvgIpc) is 3.78. The van der Waals surface area contributed by atoms with E-state index in [0.717, 1.165) is 63.1 Å². The number of ether oxygens (including phenoxy) is 5. The normalized spacial score (nSPS) is 19.2. The number of benzene rings is 1. The Morgan fingerprint density at radius 2 is 1.77 bits per heavy atom. The van der Waals surface area contributed by atoms with Crippen molar-refractivity contribution in [3.63, 3.8) is 0 Å². The molecule has 4 heterocycles. The largest absolute Gasteiger partial charge is 0.487 e. The van der Waals surface area contributed by atoms with Crippen LogP contribution < -0.4 is 14.8 Å². The zero-order chi connectivity index (χ0) is 33.1. The number of nitrogens with zero attached hydrogens (tertiary/aromatic N) is 8. The van der Waals surface area contributed by atoms with E-state index in [1.54, 1.807) is 30.5 Å². The van der Waals surface area contributed by atoms with Crippen molar-refractivity contribution < 1.29 is 23.7 Å². The van der Waals surface area contributed by atoms with Crippen molar-refractivity contribution in [3.05, 3.63) is 54.5 Å². The van der Waals surface area contributed by atoms with E-state index in [-0.39, 0.29) is 6.10 Å². The van der Waals surface area contributed by atoms with Crippen LogP contribution in [0.2, 0.25) is 5.02 Å². The van der Waals surface area contributed by atoms with Gasteiger partial charge in [-0.2, -0.15) is 5.10 Å². The van der Waals surface area contributed by atoms with Crippen molar-refractivity contribution in [1.29, 1.82) is 0 Å². The van der Waals surface area contributed by atoms with Gasteiger partial charge in [-0.15, -0.1) is 5.10 Å². The highest BCUT2D eigenvalue weighted by molar-refractivity contribution is 6.32. The van der Waals surface area contributed by atoms with Gasteiger partial charge in [0.25, 0.3) is 5.88 Å². The number of hydrogen-bond acceptors (Lipinski definition) is 12. The van der Waals surface area contributed by atoms with E-state index in [9.17, 15) is 0 Å². The van der Waals surface area contributed by atoms with E-state index >= 15 is 0 Å². The van der Waals surface area contributed by atoms with Crippen molar-refractivity contribution in [1.82, 2.24) is 39.4 Å². The topological polar surface area (TPSA) is 136 Å². The second kappa shape index (κ2) is 17.0. The zero-order valence-electron chi connectivity index (χ0n) is 27.5. The highest BCUT2D eigenvalue weighted by Gasteiger charge is 2.29. The predicted molar refractivity (Wildman–Crippen MR) is 180 cm³/mol. The van der Waals surface area contributed by atoms with Gasteiger partial charge in [-0.3, -0.25) is 9.58 Å². The first kappa shape index (κ1) is 34.1. The molecule has 48 heavy (non-hydrogen) atoms. The van der Waals surface area contributed by atoms with Gasteiger partial charge in [0.15, 0.2) is 0 Å². The minimum atomic E-state index is -0.170. The third-order valence-corrected chi connectivity index (χ3v) is 8.91. The Bertz CT molecular complexity index is 1540. The quantitative estimate of drug-likeness (QED) is 0.165. The maximum Gasteiger partial charge on any atom is 0.257 e. The van der Waals surface area contributed by atoms with E-state index in [4.69, 9.17) is 40.4 Å². The number of hydrogen-bond donors (Lipinski definition) is 1. The second-order valence-corrected chi connectivity index (χ2v) is 12.4. The van der Waals surface area contributed by atoms with E-state index < -0.39 is 0 Å². The second-order valence-electron chi connectivity index (χ2n) is 12.0. The number of morpholine rings is 1. The standard InChI is InChI=1S/C33H44ClN9O5/c1-24(20-42-23-35-22-38-42)48-31-17-25(3-8-29(31)34)26-18-36-33(37-19-26)39-30-21-43(40-32(30)47-16-15-46-14-13-44-2)28-6-4-27(5-7-28)41-9-11-45-12-10-41/h3,8,17-19,21-24,27-28H,4-7,9-16,20H2,1-2H3,(H,36,37,39)/t24-,27-,28-/m0/s1. The highest BCUT2D eigenvalue weighted by Crippen LogP contribution is 2.35. The summed E-state index contributed by atoms with van der Waals surface area (Å²) in [4.78, 5) is 15.8. The summed E-state index contributed by atoms with van der Waals surface area (Å²) < 4.78 is 32.2. The molecule has 0 amide bonds. The smallest absolute Gasteiger partial charge is 0.257 e. The molecule has 1 N–H and O–H groups in total. The molecule has 1 saturated carbocycles. The molecule has 2 fully saturated rings. The van der Waals surface area contributed by atoms with Crippen molar-refractivity contribution in [2.24, 2.45) is 0 Å². The summed E-state index contributed by atoms with van der Waals surface area (Å²) in [6, 6.07) is 6.52. The predicted octanol–water partition coefficient (Wildman–Crippen LogP) is 4.65. The molecule has 1 aliphatic heterocycles. The number of methoxy groups -OCH3 is 1. The van der Waals surface area contributed by atoms with Gasteiger partial charge >= 0.3 is 0 Å². The average molecular weight is 682 g/mol. The van der Waals surface area contributed by atoms with Crippen LogP contribution in [0.3, 0.4) is 0 Å². The third-order valence-electron chi connectivity index (χ3n) is 8.60. The van der Waals surface area contributed by atoms with Crippen LogP contribution in [0.5, 0.6) is 11.6 Å². The lowest BCUT2D eigenvalue weighted by Gasteiger charge is -2.38. The Balaban J connectivity index is 1.11. The van der Waals surface area contributed by atoms with Gasteiger partial charge in [0.2, 0.25) is 5.95 Å². The zero-order valence-corrected chi connectivity index (χ0v) is 28.3. The van der Waals surface area contributed by atoms with E-state index in [1.165, 1.54) is 6.33 Å². The molecule has 258 valence electrons. The van der Waals surface area contributed by atoms with Crippen LogP contribution in [-0.4, -0.2) is 111 Å². The molecule has 1 atom stereocenters. The highest BCUT2D eigenvalue weighted by atomic mass is 35.5. The molecule has 0 radical (unpaired) electrons. The van der Waals surface area contributed by atoms with Crippen LogP contribution in [0.4, 0.5) is 11.6 Å². The molecule has 3 aromatic heterocycles. The number of rotatable bonds is 16. The molecule has 2 aliphatic rings. The molecule has 4 aromatic rings. The van der Waals surface area contributed by atoms with Crippen molar-refractivity contribution in [2.45, 2.75) is 57.3 Å². The fourth-order valence-corrected chi connectivity index (χ4v) is 6.27. The van der Waals surface area contributed by atoms with Crippen molar-refractivity contribution >= 4 is 23.2 Å². The summed E-state index contributed by atoms with van der Waals surface area (Å²) in [6.07, 6.45) is 12.9. The summed E-state index contributed by atoms with van der Waals surface area (Å²) in [7, 11) is 1.65. The SMILES string of the molecule is COCCOCCOc1nn([C@H]2CC[C@H](N3CCOCC3)CC2)cc1Nc1ncc(-c2ccc(Cl)c(O[C@@H](C)Cn3cncn3)c2)cn1. The molecule has 0 spiro atoms. The molecular formula is C33H44ClN9O5. The minimum Gasteiger partial charge on any atom is -0.487 e. The van der Waals surface area contributed by atoms with Crippen LogP contribution >= 0.6 is 11.6 Å². The third kappa shape index (κ3) is 9.20. The summed E-state index contributed by atoms with van der Waals surface area (Å²) >= 11 is 6.47. The molecule has 14 nitrogen and oxygen atoms in total. The lowest BCUT2D eigenvalue weighted by Crippen LogP contribution is -2.45. The van der Waals surface area contributed by atoms with Gasteiger partial charge < -0.3 is 29.0 Å². The van der Waals surface area contributed by atoms with Crippen LogP contribution in [0, 0.1) is 0 Å². The van der Waals surface area contributed by atoms with E-state index in [2.05, 4.69) is 30.3 Å². The first-order valence-electron chi connectivity index (χ1n) is 16.5. The lowest BCUT2D eigenvalue weighted by molar-refractivity contribution is 0.00501. The van der Waals surface area contributed by atoms with E-state index in [1.807, 2.05) is 36.0 Å². The fraction of sp³-hybridized carbons (Fsp3) is 0.545. The fourth-order valence-electron chi connectivity index (χ4n) is 6.11. The Morgan fingerprint density at radius 1 is 1.00 bits per heavy atom. The van der Waals surface area contributed by atoms with Crippen molar-refractivity contribution in [2.75, 3.05) is 65.2 Å². The maximum absolute atomic E-state index is 6.47. The summed E-state index contributed by atoms with van der Waals surface area (Å²) in [5.74, 6) is 1.50. The number of halogens is 1. The van der Waals surface area contributed by atoms with Crippen LogP contribution in [-0.2, 0) is 20.8 Å². The summed E-state index contributed by atoms with van der Waals surface area (Å²) in [5.41, 5.74) is 2.41. The number of aromatic nitrogens is 7. The van der Waals surface area contributed by atoms with Crippen LogP contribution in [0.15, 0.2) is 49.4 Å². The Hall–Kier alpha value is -3.82. The molecule has 0 bridgehead atoms. The maximum atomic E-state index is 6.47. The molecule has 1 aromatic carbocycles. The molecule has 1 aliphatic carbocycles. The van der Waals surface area contributed by atoms with Gasteiger partial charge in [-0.25, -0.2) is 19.6 Å². The lowest BCUT2D eigenvalue weighted by atomic mass is 9.90. The Kier molecular flexibility index (Phi) is 12.1.